The molecule has 2 aromatic carbocycles. The molecule has 0 amide bonds. The molecule has 0 aliphatic carbocycles. The van der Waals surface area contributed by atoms with Gasteiger partial charge in [-0.25, -0.2) is 4.39 Å². The SMILES string of the molecule is Fc1cccc(Cl)c1COc1ccccc1CNCc1cccnc1. The number of pyridine rings is 1. The first-order valence-electron chi connectivity index (χ1n) is 7.97. The van der Waals surface area contributed by atoms with Crippen LogP contribution in [0.4, 0.5) is 4.39 Å². The van der Waals surface area contributed by atoms with Crippen LogP contribution in [0.15, 0.2) is 67.0 Å². The molecule has 1 heterocycles. The number of nitrogens with zero attached hydrogens (tertiary/aromatic N) is 1. The van der Waals surface area contributed by atoms with Crippen molar-refractivity contribution in [2.45, 2.75) is 19.7 Å². The van der Waals surface area contributed by atoms with E-state index < -0.39 is 0 Å². The molecule has 3 nitrogen and oxygen atoms in total. The fourth-order valence-corrected chi connectivity index (χ4v) is 2.67. The average molecular weight is 357 g/mol. The molecule has 3 rings (SSSR count). The number of para-hydroxylation sites is 1. The third-order valence-corrected chi connectivity index (χ3v) is 4.13. The highest BCUT2D eigenvalue weighted by atomic mass is 35.5. The maximum atomic E-state index is 13.9. The van der Waals surface area contributed by atoms with Crippen LogP contribution in [-0.2, 0) is 19.7 Å². The molecule has 5 heteroatoms. The van der Waals surface area contributed by atoms with Crippen molar-refractivity contribution in [1.82, 2.24) is 10.3 Å². The third-order valence-electron chi connectivity index (χ3n) is 3.77. The number of nitrogens with one attached hydrogen (secondary N) is 1. The molecule has 0 saturated carbocycles. The van der Waals surface area contributed by atoms with Crippen LogP contribution >= 0.6 is 11.6 Å². The van der Waals surface area contributed by atoms with Gasteiger partial charge in [0.1, 0.15) is 18.2 Å². The van der Waals surface area contributed by atoms with Gasteiger partial charge in [-0.3, -0.25) is 4.98 Å². The van der Waals surface area contributed by atoms with Gasteiger partial charge in [-0.2, -0.15) is 0 Å². The second-order valence-corrected chi connectivity index (χ2v) is 5.97. The third kappa shape index (κ3) is 4.78. The first-order valence-corrected chi connectivity index (χ1v) is 8.35. The van der Waals surface area contributed by atoms with Crippen molar-refractivity contribution < 1.29 is 9.13 Å². The lowest BCUT2D eigenvalue weighted by Gasteiger charge is -2.13. The molecule has 0 aliphatic heterocycles. The highest BCUT2D eigenvalue weighted by Gasteiger charge is 2.09. The van der Waals surface area contributed by atoms with E-state index in [0.29, 0.717) is 29.4 Å². The molecule has 0 aliphatic rings. The molecule has 25 heavy (non-hydrogen) atoms. The molecule has 3 aromatic rings. The molecule has 1 N–H and O–H groups in total. The highest BCUT2D eigenvalue weighted by Crippen LogP contribution is 2.23. The average Bonchev–Trinajstić information content (AvgIpc) is 2.63. The predicted octanol–water partition coefficient (Wildman–Crippen LogP) is 4.74. The number of ether oxygens (including phenoxy) is 1. The van der Waals surface area contributed by atoms with Crippen LogP contribution < -0.4 is 10.1 Å². The van der Waals surface area contributed by atoms with E-state index in [9.17, 15) is 4.39 Å². The molecule has 0 atom stereocenters. The van der Waals surface area contributed by atoms with Crippen LogP contribution in [0.2, 0.25) is 5.02 Å². The van der Waals surface area contributed by atoms with Gasteiger partial charge in [-0.1, -0.05) is 41.9 Å². The van der Waals surface area contributed by atoms with Crippen molar-refractivity contribution >= 4 is 11.6 Å². The number of halogens is 2. The van der Waals surface area contributed by atoms with Gasteiger partial charge in [0.2, 0.25) is 0 Å². The zero-order chi connectivity index (χ0) is 17.5. The fraction of sp³-hybridized carbons (Fsp3) is 0.150. The zero-order valence-corrected chi connectivity index (χ0v) is 14.3. The van der Waals surface area contributed by atoms with Crippen molar-refractivity contribution in [3.8, 4) is 5.75 Å². The summed E-state index contributed by atoms with van der Waals surface area (Å²) in [5.41, 5.74) is 2.47. The van der Waals surface area contributed by atoms with Crippen LogP contribution in [-0.4, -0.2) is 4.98 Å². The number of benzene rings is 2. The molecule has 0 spiro atoms. The molecule has 1 aromatic heterocycles. The molecule has 0 unspecified atom stereocenters. The van der Waals surface area contributed by atoms with Gasteiger partial charge in [0.05, 0.1) is 5.02 Å². The molecule has 0 fully saturated rings. The normalized spacial score (nSPS) is 10.6. The summed E-state index contributed by atoms with van der Waals surface area (Å²) in [5, 5.41) is 3.73. The molecular formula is C20H18ClFN2O. The van der Waals surface area contributed by atoms with Gasteiger partial charge < -0.3 is 10.1 Å². The van der Waals surface area contributed by atoms with Gasteiger partial charge in [0.15, 0.2) is 0 Å². The first kappa shape index (κ1) is 17.4. The van der Waals surface area contributed by atoms with E-state index in [1.54, 1.807) is 18.3 Å². The molecule has 0 saturated heterocycles. The van der Waals surface area contributed by atoms with E-state index in [1.165, 1.54) is 6.07 Å². The Labute approximate surface area is 151 Å². The lowest BCUT2D eigenvalue weighted by atomic mass is 10.2. The zero-order valence-electron chi connectivity index (χ0n) is 13.6. The minimum atomic E-state index is -0.361. The summed E-state index contributed by atoms with van der Waals surface area (Å²) in [6.45, 7) is 1.43. The Bertz CT molecular complexity index is 807. The largest absolute Gasteiger partial charge is 0.488 e. The molecular weight excluding hydrogens is 339 g/mol. The lowest BCUT2D eigenvalue weighted by Crippen LogP contribution is -2.13. The molecule has 0 bridgehead atoms. The quantitative estimate of drug-likeness (QED) is 0.663. The Balaban J connectivity index is 1.63. The van der Waals surface area contributed by atoms with Crippen molar-refractivity contribution in [3.05, 3.63) is 94.5 Å². The van der Waals surface area contributed by atoms with Crippen molar-refractivity contribution in [2.75, 3.05) is 0 Å². The summed E-state index contributed by atoms with van der Waals surface area (Å²) in [6, 6.07) is 16.2. The van der Waals surface area contributed by atoms with Gasteiger partial charge in [0, 0.05) is 36.6 Å². The Morgan fingerprint density at radius 3 is 2.68 bits per heavy atom. The predicted molar refractivity (Wildman–Crippen MR) is 97.0 cm³/mol. The number of hydrogen-bond donors (Lipinski definition) is 1. The van der Waals surface area contributed by atoms with Crippen molar-refractivity contribution in [1.29, 1.82) is 0 Å². The van der Waals surface area contributed by atoms with Gasteiger partial charge >= 0.3 is 0 Å². The number of rotatable bonds is 7. The maximum Gasteiger partial charge on any atom is 0.131 e. The lowest BCUT2D eigenvalue weighted by molar-refractivity contribution is 0.296. The van der Waals surface area contributed by atoms with E-state index in [1.807, 2.05) is 42.6 Å². The Morgan fingerprint density at radius 1 is 1.00 bits per heavy atom. The van der Waals surface area contributed by atoms with Crippen LogP contribution in [0.1, 0.15) is 16.7 Å². The van der Waals surface area contributed by atoms with Crippen molar-refractivity contribution in [2.24, 2.45) is 0 Å². The summed E-state index contributed by atoms with van der Waals surface area (Å²) < 4.78 is 19.7. The van der Waals surface area contributed by atoms with E-state index in [0.717, 1.165) is 11.1 Å². The van der Waals surface area contributed by atoms with Crippen LogP contribution in [0.5, 0.6) is 5.75 Å². The highest BCUT2D eigenvalue weighted by molar-refractivity contribution is 6.31. The van der Waals surface area contributed by atoms with E-state index in [-0.39, 0.29) is 12.4 Å². The van der Waals surface area contributed by atoms with Gasteiger partial charge in [-0.15, -0.1) is 0 Å². The number of aromatic nitrogens is 1. The van der Waals surface area contributed by atoms with Crippen LogP contribution in [0.3, 0.4) is 0 Å². The standard InChI is InChI=1S/C20H18ClFN2O/c21-18-7-3-8-19(22)17(18)14-25-20-9-2-1-6-16(20)13-24-12-15-5-4-10-23-11-15/h1-11,24H,12-14H2. The van der Waals surface area contributed by atoms with Crippen LogP contribution in [0, 0.1) is 5.82 Å². The molecule has 0 radical (unpaired) electrons. The minimum absolute atomic E-state index is 0.0884. The first-order chi connectivity index (χ1) is 12.2. The summed E-state index contributed by atoms with van der Waals surface area (Å²) in [5.74, 6) is 0.347. The Hall–Kier alpha value is -2.43. The minimum Gasteiger partial charge on any atom is -0.488 e. The Kier molecular flexibility index (Phi) is 5.99. The summed E-state index contributed by atoms with van der Waals surface area (Å²) >= 11 is 6.05. The number of hydrogen-bond acceptors (Lipinski definition) is 3. The Morgan fingerprint density at radius 2 is 1.88 bits per heavy atom. The van der Waals surface area contributed by atoms with E-state index in [2.05, 4.69) is 10.3 Å². The maximum absolute atomic E-state index is 13.9. The summed E-state index contributed by atoms with van der Waals surface area (Å²) in [4.78, 5) is 4.09. The van der Waals surface area contributed by atoms with Gasteiger partial charge in [0.25, 0.3) is 0 Å². The second-order valence-electron chi connectivity index (χ2n) is 5.56. The van der Waals surface area contributed by atoms with E-state index in [4.69, 9.17) is 16.3 Å². The summed E-state index contributed by atoms with van der Waals surface area (Å²) in [6.07, 6.45) is 3.58. The molecule has 128 valence electrons. The summed E-state index contributed by atoms with van der Waals surface area (Å²) in [7, 11) is 0. The van der Waals surface area contributed by atoms with Crippen molar-refractivity contribution in [3.63, 3.8) is 0 Å². The van der Waals surface area contributed by atoms with Gasteiger partial charge in [-0.05, 0) is 29.8 Å². The second kappa shape index (κ2) is 8.60. The monoisotopic (exact) mass is 356 g/mol. The fourth-order valence-electron chi connectivity index (χ4n) is 2.46. The van der Waals surface area contributed by atoms with E-state index >= 15 is 0 Å². The smallest absolute Gasteiger partial charge is 0.131 e. The van der Waals surface area contributed by atoms with Crippen LogP contribution in [0.25, 0.3) is 0 Å². The topological polar surface area (TPSA) is 34.1 Å².